The van der Waals surface area contributed by atoms with Crippen LogP contribution in [0.25, 0.3) is 11.1 Å². The Morgan fingerprint density at radius 3 is 2.52 bits per heavy atom. The molecule has 0 bridgehead atoms. The second-order valence-corrected chi connectivity index (χ2v) is 6.26. The zero-order valence-corrected chi connectivity index (χ0v) is 13.0. The van der Waals surface area contributed by atoms with Gasteiger partial charge in [-0.3, -0.25) is 4.79 Å². The largest absolute Gasteiger partial charge is 0.425 e. The van der Waals surface area contributed by atoms with E-state index in [1.165, 1.54) is 11.0 Å². The first-order valence-corrected chi connectivity index (χ1v) is 7.93. The number of rotatable bonds is 3. The van der Waals surface area contributed by atoms with Gasteiger partial charge in [0.2, 0.25) is 0 Å². The van der Waals surface area contributed by atoms with E-state index in [4.69, 9.17) is 4.74 Å². The van der Waals surface area contributed by atoms with Crippen LogP contribution in [0.2, 0.25) is 0 Å². The minimum absolute atomic E-state index is 0.0508. The van der Waals surface area contributed by atoms with E-state index in [9.17, 15) is 9.59 Å². The number of fused-ring (bicyclic) bond motifs is 3. The van der Waals surface area contributed by atoms with Crippen LogP contribution in [0.4, 0.5) is 0 Å². The monoisotopic (exact) mass is 332 g/mol. The standard InChI is InChI=1S/C18H12N4O3/c23-16-14-4-2-1-3-12(14)13-6-5-11(9-15(13)16)25-17(24)18(7-8-18)22-10-19-20-21-22/h1-6,9-10H,7-8H2. The molecule has 0 N–H and O–H groups in total. The van der Waals surface area contributed by atoms with Gasteiger partial charge >= 0.3 is 5.97 Å². The van der Waals surface area contributed by atoms with E-state index in [0.29, 0.717) is 29.7 Å². The third-order valence-electron chi connectivity index (χ3n) is 4.80. The fourth-order valence-corrected chi connectivity index (χ4v) is 3.28. The van der Waals surface area contributed by atoms with Gasteiger partial charge in [0.1, 0.15) is 12.1 Å². The van der Waals surface area contributed by atoms with Gasteiger partial charge in [-0.05, 0) is 52.6 Å². The topological polar surface area (TPSA) is 87.0 Å². The lowest BCUT2D eigenvalue weighted by Crippen LogP contribution is -2.32. The third-order valence-corrected chi connectivity index (χ3v) is 4.80. The zero-order valence-electron chi connectivity index (χ0n) is 13.0. The number of aromatic nitrogens is 4. The fraction of sp³-hybridized carbons (Fsp3) is 0.167. The van der Waals surface area contributed by atoms with Gasteiger partial charge in [-0.1, -0.05) is 24.3 Å². The summed E-state index contributed by atoms with van der Waals surface area (Å²) in [6.45, 7) is 0. The Hall–Kier alpha value is -3.35. The van der Waals surface area contributed by atoms with Crippen molar-refractivity contribution in [2.24, 2.45) is 0 Å². The first-order chi connectivity index (χ1) is 12.2. The number of benzene rings is 2. The highest BCUT2D eigenvalue weighted by molar-refractivity contribution is 6.21. The van der Waals surface area contributed by atoms with Gasteiger partial charge in [-0.15, -0.1) is 5.10 Å². The number of tetrazole rings is 1. The van der Waals surface area contributed by atoms with Crippen molar-refractivity contribution < 1.29 is 14.3 Å². The number of nitrogens with zero attached hydrogens (tertiary/aromatic N) is 4. The maximum Gasteiger partial charge on any atom is 0.339 e. The Morgan fingerprint density at radius 2 is 1.80 bits per heavy atom. The summed E-state index contributed by atoms with van der Waals surface area (Å²) in [6, 6.07) is 12.6. The highest BCUT2D eigenvalue weighted by Crippen LogP contribution is 2.44. The van der Waals surface area contributed by atoms with Crippen molar-refractivity contribution in [2.45, 2.75) is 18.4 Å². The molecular weight excluding hydrogens is 320 g/mol. The first-order valence-electron chi connectivity index (χ1n) is 7.93. The molecule has 7 heteroatoms. The number of ketones is 1. The molecule has 0 saturated heterocycles. The van der Waals surface area contributed by atoms with Gasteiger partial charge in [-0.25, -0.2) is 9.48 Å². The molecular formula is C18H12N4O3. The number of hydrogen-bond donors (Lipinski definition) is 0. The Bertz CT molecular complexity index is 1020. The minimum atomic E-state index is -0.824. The van der Waals surface area contributed by atoms with Crippen molar-refractivity contribution in [3.63, 3.8) is 0 Å². The molecule has 0 spiro atoms. The van der Waals surface area contributed by atoms with Crippen LogP contribution in [0.5, 0.6) is 5.75 Å². The molecule has 0 aliphatic heterocycles. The molecule has 5 rings (SSSR count). The summed E-state index contributed by atoms with van der Waals surface area (Å²) >= 11 is 0. The van der Waals surface area contributed by atoms with Gasteiger partial charge in [0.25, 0.3) is 0 Å². The minimum Gasteiger partial charge on any atom is -0.425 e. The fourth-order valence-electron chi connectivity index (χ4n) is 3.28. The van der Waals surface area contributed by atoms with Gasteiger partial charge in [0.05, 0.1) is 0 Å². The Kier molecular flexibility index (Phi) is 2.71. The summed E-state index contributed by atoms with van der Waals surface area (Å²) < 4.78 is 6.96. The molecule has 0 unspecified atom stereocenters. The molecule has 1 fully saturated rings. The summed E-state index contributed by atoms with van der Waals surface area (Å²) in [6.07, 6.45) is 2.68. The predicted molar refractivity (Wildman–Crippen MR) is 86.0 cm³/mol. The van der Waals surface area contributed by atoms with E-state index in [0.717, 1.165) is 11.1 Å². The quantitative estimate of drug-likeness (QED) is 0.421. The van der Waals surface area contributed by atoms with E-state index in [2.05, 4.69) is 15.5 Å². The number of ether oxygens (including phenoxy) is 1. The molecule has 1 saturated carbocycles. The van der Waals surface area contributed by atoms with E-state index < -0.39 is 11.5 Å². The maximum absolute atomic E-state index is 12.6. The van der Waals surface area contributed by atoms with Crippen LogP contribution < -0.4 is 4.74 Å². The average molecular weight is 332 g/mol. The van der Waals surface area contributed by atoms with Crippen molar-refractivity contribution in [3.8, 4) is 16.9 Å². The zero-order chi connectivity index (χ0) is 17.0. The van der Waals surface area contributed by atoms with Gasteiger partial charge in [0, 0.05) is 11.1 Å². The number of carbonyl (C=O) groups is 2. The maximum atomic E-state index is 12.6. The molecule has 2 aliphatic rings. The van der Waals surface area contributed by atoms with Crippen molar-refractivity contribution >= 4 is 11.8 Å². The normalized spacial score (nSPS) is 16.2. The lowest BCUT2D eigenvalue weighted by Gasteiger charge is -2.13. The second kappa shape index (κ2) is 4.83. The van der Waals surface area contributed by atoms with E-state index in [1.807, 2.05) is 24.3 Å². The Balaban J connectivity index is 1.46. The molecule has 7 nitrogen and oxygen atoms in total. The molecule has 1 aromatic heterocycles. The van der Waals surface area contributed by atoms with Crippen LogP contribution in [0.15, 0.2) is 48.8 Å². The van der Waals surface area contributed by atoms with Crippen LogP contribution in [0.1, 0.15) is 28.8 Å². The Labute approximate surface area is 142 Å². The van der Waals surface area contributed by atoms with Crippen LogP contribution in [0.3, 0.4) is 0 Å². The highest BCUT2D eigenvalue weighted by atomic mass is 16.5. The third kappa shape index (κ3) is 1.95. The van der Waals surface area contributed by atoms with Crippen LogP contribution >= 0.6 is 0 Å². The highest BCUT2D eigenvalue weighted by Gasteiger charge is 2.55. The lowest BCUT2D eigenvalue weighted by molar-refractivity contribution is -0.140. The van der Waals surface area contributed by atoms with E-state index >= 15 is 0 Å². The summed E-state index contributed by atoms with van der Waals surface area (Å²) in [4.78, 5) is 25.1. The van der Waals surface area contributed by atoms with E-state index in [1.54, 1.807) is 18.2 Å². The number of hydrogen-bond acceptors (Lipinski definition) is 6. The van der Waals surface area contributed by atoms with Gasteiger partial charge < -0.3 is 4.74 Å². The van der Waals surface area contributed by atoms with Crippen molar-refractivity contribution in [1.29, 1.82) is 0 Å². The number of esters is 1. The molecule has 3 aromatic rings. The van der Waals surface area contributed by atoms with Crippen molar-refractivity contribution in [2.75, 3.05) is 0 Å². The lowest BCUT2D eigenvalue weighted by atomic mass is 10.1. The second-order valence-electron chi connectivity index (χ2n) is 6.26. The van der Waals surface area contributed by atoms with Gasteiger partial charge in [0.15, 0.2) is 11.3 Å². The summed E-state index contributed by atoms with van der Waals surface area (Å²) in [5, 5.41) is 11.0. The van der Waals surface area contributed by atoms with Crippen LogP contribution in [-0.4, -0.2) is 32.0 Å². The van der Waals surface area contributed by atoms with Crippen molar-refractivity contribution in [3.05, 3.63) is 59.9 Å². The predicted octanol–water partition coefficient (Wildman–Crippen LogP) is 1.98. The molecule has 2 aliphatic carbocycles. The molecule has 1 heterocycles. The molecule has 0 radical (unpaired) electrons. The van der Waals surface area contributed by atoms with Crippen LogP contribution in [-0.2, 0) is 10.3 Å². The smallest absolute Gasteiger partial charge is 0.339 e. The summed E-state index contributed by atoms with van der Waals surface area (Å²) in [5.41, 5.74) is 2.18. The van der Waals surface area contributed by atoms with Crippen molar-refractivity contribution in [1.82, 2.24) is 20.2 Å². The molecule has 122 valence electrons. The first kappa shape index (κ1) is 14.0. The Morgan fingerprint density at radius 1 is 1.04 bits per heavy atom. The molecule has 0 amide bonds. The average Bonchev–Trinajstić information content (AvgIpc) is 3.17. The van der Waals surface area contributed by atoms with E-state index in [-0.39, 0.29) is 5.78 Å². The van der Waals surface area contributed by atoms with Gasteiger partial charge in [-0.2, -0.15) is 0 Å². The molecule has 25 heavy (non-hydrogen) atoms. The number of carbonyl (C=O) groups excluding carboxylic acids is 2. The molecule has 0 atom stereocenters. The summed E-state index contributed by atoms with van der Waals surface area (Å²) in [7, 11) is 0. The van der Waals surface area contributed by atoms with Crippen LogP contribution in [0, 0.1) is 0 Å². The SMILES string of the molecule is O=C1c2ccccc2-c2ccc(OC(=O)C3(n4cnnn4)CC3)cc21. The molecule has 2 aromatic carbocycles. The summed E-state index contributed by atoms with van der Waals surface area (Å²) in [5.74, 6) is -0.114.